The molecule has 6 nitrogen and oxygen atoms in total. The van der Waals surface area contributed by atoms with Crippen LogP contribution in [0, 0.1) is 0 Å². The predicted octanol–water partition coefficient (Wildman–Crippen LogP) is 1.32. The molecule has 0 atom stereocenters. The molecule has 0 unspecified atom stereocenters. The van der Waals surface area contributed by atoms with Crippen LogP contribution in [0.5, 0.6) is 11.5 Å². The molecule has 1 heterocycles. The first-order chi connectivity index (χ1) is 10.1. The number of carboxylic acids is 1. The Hall–Kier alpha value is -2.24. The lowest BCUT2D eigenvalue weighted by molar-refractivity contribution is -0.138. The Bertz CT molecular complexity index is 529. The number of fused-ring (bicyclic) bond motifs is 1. The normalized spacial score (nSPS) is 12.8. The van der Waals surface area contributed by atoms with Gasteiger partial charge in [0.2, 0.25) is 5.91 Å². The number of nitrogens with zero attached hydrogens (tertiary/aromatic N) is 1. The van der Waals surface area contributed by atoms with Crippen LogP contribution in [0.4, 0.5) is 0 Å². The van der Waals surface area contributed by atoms with E-state index < -0.39 is 5.97 Å². The van der Waals surface area contributed by atoms with Crippen LogP contribution in [-0.4, -0.2) is 48.7 Å². The van der Waals surface area contributed by atoms with Gasteiger partial charge in [-0.05, 0) is 24.1 Å². The number of aliphatic carboxylic acids is 1. The highest BCUT2D eigenvalue weighted by molar-refractivity contribution is 5.78. The Morgan fingerprint density at radius 3 is 2.67 bits per heavy atom. The highest BCUT2D eigenvalue weighted by atomic mass is 16.6. The summed E-state index contributed by atoms with van der Waals surface area (Å²) in [4.78, 5) is 24.1. The molecule has 0 bridgehead atoms. The van der Waals surface area contributed by atoms with Gasteiger partial charge in [0.05, 0.1) is 6.42 Å². The minimum absolute atomic E-state index is 0.0444. The lowest BCUT2D eigenvalue weighted by Crippen LogP contribution is -2.29. The van der Waals surface area contributed by atoms with E-state index in [0.717, 1.165) is 5.56 Å². The van der Waals surface area contributed by atoms with Crippen LogP contribution < -0.4 is 9.47 Å². The molecule has 0 aromatic heterocycles. The van der Waals surface area contributed by atoms with Crippen molar-refractivity contribution in [1.82, 2.24) is 4.90 Å². The molecule has 114 valence electrons. The van der Waals surface area contributed by atoms with Gasteiger partial charge in [0.15, 0.2) is 11.5 Å². The van der Waals surface area contributed by atoms with E-state index >= 15 is 0 Å². The summed E-state index contributed by atoms with van der Waals surface area (Å²) >= 11 is 0. The molecule has 0 fully saturated rings. The largest absolute Gasteiger partial charge is 0.486 e. The fraction of sp³-hybridized carbons (Fsp3) is 0.467. The number of carboxylic acid groups (broad SMARTS) is 1. The zero-order valence-electron chi connectivity index (χ0n) is 12.0. The van der Waals surface area contributed by atoms with Gasteiger partial charge in [0.25, 0.3) is 0 Å². The molecule has 6 heteroatoms. The molecule has 1 N–H and O–H groups in total. The van der Waals surface area contributed by atoms with E-state index in [2.05, 4.69) is 0 Å². The second-order valence-corrected chi connectivity index (χ2v) is 4.97. The van der Waals surface area contributed by atoms with Crippen molar-refractivity contribution in [3.05, 3.63) is 23.8 Å². The number of hydrogen-bond acceptors (Lipinski definition) is 4. The van der Waals surface area contributed by atoms with Gasteiger partial charge in [-0.3, -0.25) is 9.59 Å². The van der Waals surface area contributed by atoms with Gasteiger partial charge < -0.3 is 19.5 Å². The van der Waals surface area contributed by atoms with Gasteiger partial charge in [-0.25, -0.2) is 0 Å². The maximum Gasteiger partial charge on any atom is 0.303 e. The quantitative estimate of drug-likeness (QED) is 0.856. The van der Waals surface area contributed by atoms with Crippen molar-refractivity contribution in [2.75, 3.05) is 26.8 Å². The standard InChI is InChI=1S/C15H19NO5/c1-16(6-2-3-15(18)19)14(17)10-11-4-5-12-13(9-11)21-8-7-20-12/h4-5,9H,2-3,6-8,10H2,1H3,(H,18,19). The monoisotopic (exact) mass is 293 g/mol. The molecule has 1 aliphatic heterocycles. The molecule has 1 aromatic rings. The Morgan fingerprint density at radius 1 is 1.24 bits per heavy atom. The number of carbonyl (C=O) groups is 2. The van der Waals surface area contributed by atoms with Crippen molar-refractivity contribution in [3.63, 3.8) is 0 Å². The van der Waals surface area contributed by atoms with Gasteiger partial charge in [-0.1, -0.05) is 6.07 Å². The Kier molecular flexibility index (Phi) is 5.03. The van der Waals surface area contributed by atoms with Gasteiger partial charge in [-0.2, -0.15) is 0 Å². The number of likely N-dealkylation sites (N-methyl/N-ethyl adjacent to an activating group) is 1. The molecule has 1 aliphatic rings. The number of rotatable bonds is 6. The van der Waals surface area contributed by atoms with E-state index in [1.165, 1.54) is 0 Å². The van der Waals surface area contributed by atoms with Crippen LogP contribution in [0.2, 0.25) is 0 Å². The van der Waals surface area contributed by atoms with Crippen molar-refractivity contribution in [1.29, 1.82) is 0 Å². The third kappa shape index (κ3) is 4.37. The van der Waals surface area contributed by atoms with Gasteiger partial charge >= 0.3 is 5.97 Å². The first kappa shape index (κ1) is 15.2. The van der Waals surface area contributed by atoms with Crippen molar-refractivity contribution >= 4 is 11.9 Å². The number of ether oxygens (including phenoxy) is 2. The molecule has 0 radical (unpaired) electrons. The van der Waals surface area contributed by atoms with Gasteiger partial charge in [-0.15, -0.1) is 0 Å². The van der Waals surface area contributed by atoms with Gasteiger partial charge in [0, 0.05) is 20.0 Å². The molecule has 0 spiro atoms. The van der Waals surface area contributed by atoms with Crippen LogP contribution >= 0.6 is 0 Å². The van der Waals surface area contributed by atoms with Crippen LogP contribution in [-0.2, 0) is 16.0 Å². The van der Waals surface area contributed by atoms with E-state index in [9.17, 15) is 9.59 Å². The number of hydrogen-bond donors (Lipinski definition) is 1. The molecule has 0 saturated heterocycles. The summed E-state index contributed by atoms with van der Waals surface area (Å²) in [6, 6.07) is 5.47. The summed E-state index contributed by atoms with van der Waals surface area (Å²) in [5, 5.41) is 8.58. The molecule has 1 amide bonds. The summed E-state index contributed by atoms with van der Waals surface area (Å²) in [5.74, 6) is 0.479. The van der Waals surface area contributed by atoms with E-state index in [1.54, 1.807) is 11.9 Å². The van der Waals surface area contributed by atoms with E-state index in [4.69, 9.17) is 14.6 Å². The minimum Gasteiger partial charge on any atom is -0.486 e. The smallest absolute Gasteiger partial charge is 0.303 e. The van der Waals surface area contributed by atoms with Crippen molar-refractivity contribution < 1.29 is 24.2 Å². The molecular weight excluding hydrogens is 274 g/mol. The molecular formula is C15H19NO5. The summed E-state index contributed by atoms with van der Waals surface area (Å²) in [5.41, 5.74) is 0.856. The molecule has 21 heavy (non-hydrogen) atoms. The zero-order chi connectivity index (χ0) is 15.2. The molecule has 0 aliphatic carbocycles. The Morgan fingerprint density at radius 2 is 1.95 bits per heavy atom. The second kappa shape index (κ2) is 6.97. The molecule has 0 saturated carbocycles. The first-order valence-corrected chi connectivity index (χ1v) is 6.90. The topological polar surface area (TPSA) is 76.1 Å². The zero-order valence-corrected chi connectivity index (χ0v) is 12.0. The molecule has 1 aromatic carbocycles. The van der Waals surface area contributed by atoms with Crippen molar-refractivity contribution in [3.8, 4) is 11.5 Å². The summed E-state index contributed by atoms with van der Waals surface area (Å²) in [6.07, 6.45) is 0.792. The average molecular weight is 293 g/mol. The Balaban J connectivity index is 1.88. The lowest BCUT2D eigenvalue weighted by atomic mass is 10.1. The fourth-order valence-corrected chi connectivity index (χ4v) is 2.10. The van der Waals surface area contributed by atoms with Crippen LogP contribution in [0.25, 0.3) is 0 Å². The number of amides is 1. The van der Waals surface area contributed by atoms with E-state index in [1.807, 2.05) is 18.2 Å². The SMILES string of the molecule is CN(CCCC(=O)O)C(=O)Cc1ccc2c(c1)OCCO2. The number of carbonyl (C=O) groups excluding carboxylic acids is 1. The maximum atomic E-state index is 12.1. The van der Waals surface area contributed by atoms with Crippen LogP contribution in [0.1, 0.15) is 18.4 Å². The summed E-state index contributed by atoms with van der Waals surface area (Å²) < 4.78 is 10.9. The summed E-state index contributed by atoms with van der Waals surface area (Å²) in [6.45, 7) is 1.49. The first-order valence-electron chi connectivity index (χ1n) is 6.90. The van der Waals surface area contributed by atoms with Crippen LogP contribution in [0.3, 0.4) is 0 Å². The van der Waals surface area contributed by atoms with E-state index in [-0.39, 0.29) is 18.7 Å². The fourth-order valence-electron chi connectivity index (χ4n) is 2.10. The minimum atomic E-state index is -0.845. The third-order valence-electron chi connectivity index (χ3n) is 3.27. The average Bonchev–Trinajstić information content (AvgIpc) is 2.46. The lowest BCUT2D eigenvalue weighted by Gasteiger charge is -2.20. The predicted molar refractivity (Wildman–Crippen MR) is 75.6 cm³/mol. The highest BCUT2D eigenvalue weighted by Crippen LogP contribution is 2.30. The maximum absolute atomic E-state index is 12.1. The number of benzene rings is 1. The second-order valence-electron chi connectivity index (χ2n) is 4.97. The van der Waals surface area contributed by atoms with Crippen LogP contribution in [0.15, 0.2) is 18.2 Å². The van der Waals surface area contributed by atoms with Crippen molar-refractivity contribution in [2.24, 2.45) is 0 Å². The Labute approximate surface area is 123 Å². The molecule has 2 rings (SSSR count). The van der Waals surface area contributed by atoms with E-state index in [0.29, 0.717) is 37.7 Å². The van der Waals surface area contributed by atoms with Crippen molar-refractivity contribution in [2.45, 2.75) is 19.3 Å². The van der Waals surface area contributed by atoms with Gasteiger partial charge in [0.1, 0.15) is 13.2 Å². The third-order valence-corrected chi connectivity index (χ3v) is 3.27. The highest BCUT2D eigenvalue weighted by Gasteiger charge is 2.15. The summed E-state index contributed by atoms with van der Waals surface area (Å²) in [7, 11) is 1.68.